The number of aromatic amines is 1. The number of aryl methyl sites for hydroxylation is 1. The van der Waals surface area contributed by atoms with Gasteiger partial charge in [-0.25, -0.2) is 4.79 Å². The van der Waals surface area contributed by atoms with Crippen LogP contribution >= 0.6 is 0 Å². The van der Waals surface area contributed by atoms with Crippen LogP contribution in [0.1, 0.15) is 22.5 Å². The van der Waals surface area contributed by atoms with Crippen LogP contribution in [-0.4, -0.2) is 31.1 Å². The third-order valence-corrected chi connectivity index (χ3v) is 2.93. The average Bonchev–Trinajstić information content (AvgIpc) is 2.85. The Hall–Kier alpha value is -2.30. The van der Waals surface area contributed by atoms with Crippen LogP contribution in [0.4, 0.5) is 0 Å². The second kappa shape index (κ2) is 5.56. The van der Waals surface area contributed by atoms with Crippen LogP contribution in [0.15, 0.2) is 24.3 Å². The quantitative estimate of drug-likeness (QED) is 0.855. The van der Waals surface area contributed by atoms with Gasteiger partial charge in [0, 0.05) is 11.2 Å². The fraction of sp³-hybridized carbons (Fsp3) is 0.286. The minimum absolute atomic E-state index is 0.242. The molecule has 0 saturated heterocycles. The fourth-order valence-corrected chi connectivity index (χ4v) is 1.91. The van der Waals surface area contributed by atoms with Gasteiger partial charge in [0.25, 0.3) is 0 Å². The molecule has 0 unspecified atom stereocenters. The molecule has 0 atom stereocenters. The van der Waals surface area contributed by atoms with Gasteiger partial charge >= 0.3 is 11.9 Å². The molecule has 0 aliphatic heterocycles. The number of nitrogens with one attached hydrogen (secondary N) is 1. The molecule has 0 saturated carbocycles. The molecule has 1 N–H and O–H groups in total. The summed E-state index contributed by atoms with van der Waals surface area (Å²) in [6, 6.07) is 7.26. The number of aromatic nitrogens is 1. The number of carbonyl (C=O) groups is 2. The van der Waals surface area contributed by atoms with Crippen molar-refractivity contribution in [2.75, 3.05) is 14.2 Å². The smallest absolute Gasteiger partial charge is 0.337 e. The van der Waals surface area contributed by atoms with Gasteiger partial charge in [-0.15, -0.1) is 0 Å². The summed E-state index contributed by atoms with van der Waals surface area (Å²) in [7, 11) is 2.72. The Labute approximate surface area is 110 Å². The average molecular weight is 261 g/mol. The molecule has 2 rings (SSSR count). The van der Waals surface area contributed by atoms with Crippen LogP contribution < -0.4 is 0 Å². The first kappa shape index (κ1) is 13.1. The van der Waals surface area contributed by atoms with E-state index in [0.29, 0.717) is 18.4 Å². The lowest BCUT2D eigenvalue weighted by atomic mass is 10.1. The first-order valence-electron chi connectivity index (χ1n) is 5.91. The normalized spacial score (nSPS) is 10.4. The third-order valence-electron chi connectivity index (χ3n) is 2.93. The Balaban J connectivity index is 2.20. The van der Waals surface area contributed by atoms with Crippen LogP contribution in [-0.2, 0) is 20.7 Å². The summed E-state index contributed by atoms with van der Waals surface area (Å²) in [5.74, 6) is -0.610. The highest BCUT2D eigenvalue weighted by Gasteiger charge is 2.09. The first-order valence-corrected chi connectivity index (χ1v) is 5.91. The number of ether oxygens (including phenoxy) is 2. The predicted molar refractivity (Wildman–Crippen MR) is 70.0 cm³/mol. The Morgan fingerprint density at radius 3 is 2.63 bits per heavy atom. The fourth-order valence-electron chi connectivity index (χ4n) is 1.91. The van der Waals surface area contributed by atoms with E-state index in [1.807, 2.05) is 12.1 Å². The largest absolute Gasteiger partial charge is 0.469 e. The molecule has 1 aromatic heterocycles. The SMILES string of the molecule is COC(=O)CCc1cc2ccc(C(=O)OC)cc2[nH]1. The Bertz CT molecular complexity index is 615. The van der Waals surface area contributed by atoms with E-state index in [-0.39, 0.29) is 11.9 Å². The van der Waals surface area contributed by atoms with Crippen LogP contribution in [0.5, 0.6) is 0 Å². The van der Waals surface area contributed by atoms with Gasteiger partial charge in [-0.3, -0.25) is 4.79 Å². The summed E-state index contributed by atoms with van der Waals surface area (Å²) in [6.07, 6.45) is 0.905. The van der Waals surface area contributed by atoms with Crippen molar-refractivity contribution in [3.05, 3.63) is 35.5 Å². The van der Waals surface area contributed by atoms with Crippen LogP contribution in [0.25, 0.3) is 10.9 Å². The molecule has 0 radical (unpaired) electrons. The molecule has 1 heterocycles. The molecule has 0 spiro atoms. The lowest BCUT2D eigenvalue weighted by Gasteiger charge is -1.98. The number of fused-ring (bicyclic) bond motifs is 1. The Morgan fingerprint density at radius 1 is 1.16 bits per heavy atom. The summed E-state index contributed by atoms with van der Waals surface area (Å²) in [5.41, 5.74) is 2.28. The van der Waals surface area contributed by atoms with Crippen molar-refractivity contribution in [2.24, 2.45) is 0 Å². The second-order valence-corrected chi connectivity index (χ2v) is 4.16. The van der Waals surface area contributed by atoms with E-state index in [1.165, 1.54) is 14.2 Å². The van der Waals surface area contributed by atoms with E-state index in [0.717, 1.165) is 16.6 Å². The van der Waals surface area contributed by atoms with Crippen LogP contribution in [0.2, 0.25) is 0 Å². The number of methoxy groups -OCH3 is 2. The number of hydrogen-bond donors (Lipinski definition) is 1. The number of benzene rings is 1. The molecular weight excluding hydrogens is 246 g/mol. The minimum Gasteiger partial charge on any atom is -0.469 e. The van der Waals surface area contributed by atoms with Crippen molar-refractivity contribution in [3.8, 4) is 0 Å². The topological polar surface area (TPSA) is 68.4 Å². The van der Waals surface area contributed by atoms with E-state index in [2.05, 4.69) is 14.5 Å². The highest BCUT2D eigenvalue weighted by atomic mass is 16.5. The minimum atomic E-state index is -0.368. The molecule has 5 heteroatoms. The first-order chi connectivity index (χ1) is 9.13. The Morgan fingerprint density at radius 2 is 1.95 bits per heavy atom. The molecule has 0 bridgehead atoms. The van der Waals surface area contributed by atoms with Gasteiger partial charge in [-0.05, 0) is 30.0 Å². The van der Waals surface area contributed by atoms with Gasteiger partial charge < -0.3 is 14.5 Å². The van der Waals surface area contributed by atoms with Gasteiger partial charge in [0.1, 0.15) is 0 Å². The Kier molecular flexibility index (Phi) is 3.85. The van der Waals surface area contributed by atoms with Crippen molar-refractivity contribution in [3.63, 3.8) is 0 Å². The maximum atomic E-state index is 11.4. The van der Waals surface area contributed by atoms with Gasteiger partial charge in [0.05, 0.1) is 26.2 Å². The lowest BCUT2D eigenvalue weighted by molar-refractivity contribution is -0.140. The number of rotatable bonds is 4. The highest BCUT2D eigenvalue weighted by molar-refractivity contribution is 5.94. The molecular formula is C14H15NO4. The summed E-state index contributed by atoms with van der Waals surface area (Å²) < 4.78 is 9.27. The van der Waals surface area contributed by atoms with Gasteiger partial charge in [-0.2, -0.15) is 0 Å². The van der Waals surface area contributed by atoms with Crippen molar-refractivity contribution < 1.29 is 19.1 Å². The second-order valence-electron chi connectivity index (χ2n) is 4.16. The zero-order valence-corrected chi connectivity index (χ0v) is 10.9. The van der Waals surface area contributed by atoms with E-state index < -0.39 is 0 Å². The van der Waals surface area contributed by atoms with Crippen LogP contribution in [0, 0.1) is 0 Å². The molecule has 5 nitrogen and oxygen atoms in total. The zero-order valence-electron chi connectivity index (χ0n) is 10.9. The molecule has 0 fully saturated rings. The molecule has 0 aliphatic rings. The van der Waals surface area contributed by atoms with Crippen molar-refractivity contribution in [1.82, 2.24) is 4.98 Å². The highest BCUT2D eigenvalue weighted by Crippen LogP contribution is 2.18. The van der Waals surface area contributed by atoms with E-state index in [1.54, 1.807) is 12.1 Å². The third kappa shape index (κ3) is 2.93. The molecule has 100 valence electrons. The summed E-state index contributed by atoms with van der Waals surface area (Å²) in [4.78, 5) is 25.7. The number of esters is 2. The molecule has 0 aliphatic carbocycles. The number of H-pyrrole nitrogens is 1. The zero-order chi connectivity index (χ0) is 13.8. The van der Waals surface area contributed by atoms with Crippen molar-refractivity contribution >= 4 is 22.8 Å². The monoisotopic (exact) mass is 261 g/mol. The van der Waals surface area contributed by atoms with Crippen LogP contribution in [0.3, 0.4) is 0 Å². The lowest BCUT2D eigenvalue weighted by Crippen LogP contribution is -2.01. The van der Waals surface area contributed by atoms with E-state index >= 15 is 0 Å². The predicted octanol–water partition coefficient (Wildman–Crippen LogP) is 2.06. The molecule has 2 aromatic rings. The van der Waals surface area contributed by atoms with E-state index in [9.17, 15) is 9.59 Å². The summed E-state index contributed by atoms with van der Waals surface area (Å²) >= 11 is 0. The summed E-state index contributed by atoms with van der Waals surface area (Å²) in [6.45, 7) is 0. The maximum absolute atomic E-state index is 11.4. The molecule has 19 heavy (non-hydrogen) atoms. The molecule has 1 aromatic carbocycles. The number of hydrogen-bond acceptors (Lipinski definition) is 4. The van der Waals surface area contributed by atoms with Crippen molar-refractivity contribution in [1.29, 1.82) is 0 Å². The van der Waals surface area contributed by atoms with E-state index in [4.69, 9.17) is 0 Å². The molecule has 0 amide bonds. The summed E-state index contributed by atoms with van der Waals surface area (Å²) in [5, 5.41) is 0.993. The maximum Gasteiger partial charge on any atom is 0.337 e. The van der Waals surface area contributed by atoms with Gasteiger partial charge in [0.15, 0.2) is 0 Å². The number of carbonyl (C=O) groups excluding carboxylic acids is 2. The van der Waals surface area contributed by atoms with Gasteiger partial charge in [-0.1, -0.05) is 6.07 Å². The van der Waals surface area contributed by atoms with Gasteiger partial charge in [0.2, 0.25) is 0 Å². The standard InChI is InChI=1S/C14H15NO4/c1-18-13(16)6-5-11-7-9-3-4-10(14(17)19-2)8-12(9)15-11/h3-4,7-8,15H,5-6H2,1-2H3. The van der Waals surface area contributed by atoms with Crippen molar-refractivity contribution in [2.45, 2.75) is 12.8 Å².